The Morgan fingerprint density at radius 2 is 2.18 bits per heavy atom. The van der Waals surface area contributed by atoms with Crippen molar-refractivity contribution in [3.05, 3.63) is 58.6 Å². The zero-order valence-electron chi connectivity index (χ0n) is 16.0. The fourth-order valence-electron chi connectivity index (χ4n) is 2.96. The van der Waals surface area contributed by atoms with Crippen LogP contribution in [0.15, 0.2) is 47.5 Å². The van der Waals surface area contributed by atoms with Crippen molar-refractivity contribution in [2.24, 2.45) is 4.99 Å². The second kappa shape index (κ2) is 9.57. The maximum absolute atomic E-state index is 12.7. The summed E-state index contributed by atoms with van der Waals surface area (Å²) in [6.45, 7) is 3.15. The van der Waals surface area contributed by atoms with Crippen molar-refractivity contribution in [3.8, 4) is 5.75 Å². The lowest BCUT2D eigenvalue weighted by Gasteiger charge is -2.16. The SMILES string of the molecule is COc1ccc(Cl)cc1NC(=NC[C@H]1CCCO1)NC(=O)c1cccc(C)c1. The average Bonchev–Trinajstić information content (AvgIpc) is 3.20. The molecule has 6 nitrogen and oxygen atoms in total. The van der Waals surface area contributed by atoms with Crippen molar-refractivity contribution < 1.29 is 14.3 Å². The third kappa shape index (κ3) is 5.47. The van der Waals surface area contributed by atoms with Gasteiger partial charge in [-0.05, 0) is 50.1 Å². The van der Waals surface area contributed by atoms with Gasteiger partial charge in [0.05, 0.1) is 25.4 Å². The summed E-state index contributed by atoms with van der Waals surface area (Å²) in [5.74, 6) is 0.671. The van der Waals surface area contributed by atoms with Crippen LogP contribution in [0.3, 0.4) is 0 Å². The molecular weight excluding hydrogens is 378 g/mol. The summed E-state index contributed by atoms with van der Waals surface area (Å²) in [6, 6.07) is 12.6. The number of amides is 1. The number of aliphatic imine (C=N–C) groups is 1. The standard InChI is InChI=1S/C21H24ClN3O3/c1-14-5-3-6-15(11-14)20(26)25-21(23-13-17-7-4-10-28-17)24-18-12-16(22)8-9-19(18)27-2/h3,5-6,8-9,11-12,17H,4,7,10,13H2,1-2H3,(H2,23,24,25,26)/t17-/m1/s1. The number of benzene rings is 2. The third-order valence-corrected chi connectivity index (χ3v) is 4.64. The lowest BCUT2D eigenvalue weighted by atomic mass is 10.1. The number of carbonyl (C=O) groups is 1. The van der Waals surface area contributed by atoms with Crippen molar-refractivity contribution >= 4 is 29.2 Å². The van der Waals surface area contributed by atoms with E-state index in [-0.39, 0.29) is 12.0 Å². The lowest BCUT2D eigenvalue weighted by molar-refractivity contribution is 0.0975. The summed E-state index contributed by atoms with van der Waals surface area (Å²) < 4.78 is 11.0. The van der Waals surface area contributed by atoms with Gasteiger partial charge in [0.2, 0.25) is 5.96 Å². The highest BCUT2D eigenvalue weighted by Crippen LogP contribution is 2.27. The van der Waals surface area contributed by atoms with Gasteiger partial charge in [-0.2, -0.15) is 0 Å². The number of carbonyl (C=O) groups excluding carboxylic acids is 1. The molecule has 7 heteroatoms. The van der Waals surface area contributed by atoms with Crippen LogP contribution in [0.5, 0.6) is 5.75 Å². The molecule has 148 valence electrons. The predicted octanol–water partition coefficient (Wildman–Crippen LogP) is 4.03. The number of halogens is 1. The van der Waals surface area contributed by atoms with Crippen LogP contribution < -0.4 is 15.4 Å². The van der Waals surface area contributed by atoms with Crippen LogP contribution in [0, 0.1) is 6.92 Å². The zero-order chi connectivity index (χ0) is 19.9. The second-order valence-corrected chi connectivity index (χ2v) is 7.05. The number of hydrogen-bond donors (Lipinski definition) is 2. The van der Waals surface area contributed by atoms with E-state index in [0.29, 0.717) is 34.5 Å². The number of guanidine groups is 1. The number of aryl methyl sites for hydroxylation is 1. The molecule has 0 saturated carbocycles. The molecule has 0 aliphatic carbocycles. The lowest BCUT2D eigenvalue weighted by Crippen LogP contribution is -2.37. The van der Waals surface area contributed by atoms with Gasteiger partial charge in [0, 0.05) is 17.2 Å². The van der Waals surface area contributed by atoms with Gasteiger partial charge in [0.25, 0.3) is 5.91 Å². The maximum atomic E-state index is 12.7. The smallest absolute Gasteiger partial charge is 0.257 e. The molecule has 1 saturated heterocycles. The second-order valence-electron chi connectivity index (χ2n) is 6.62. The van der Waals surface area contributed by atoms with Crippen molar-refractivity contribution in [1.82, 2.24) is 5.32 Å². The Kier molecular flexibility index (Phi) is 6.90. The van der Waals surface area contributed by atoms with E-state index in [1.807, 2.05) is 25.1 Å². The van der Waals surface area contributed by atoms with Crippen LogP contribution in [-0.2, 0) is 4.74 Å². The molecule has 1 aliphatic rings. The zero-order valence-corrected chi connectivity index (χ0v) is 16.8. The topological polar surface area (TPSA) is 71.9 Å². The van der Waals surface area contributed by atoms with Crippen molar-refractivity contribution in [2.75, 3.05) is 25.6 Å². The van der Waals surface area contributed by atoms with Gasteiger partial charge in [-0.1, -0.05) is 29.3 Å². The van der Waals surface area contributed by atoms with E-state index in [0.717, 1.165) is 25.0 Å². The van der Waals surface area contributed by atoms with Crippen LogP contribution in [0.1, 0.15) is 28.8 Å². The van der Waals surface area contributed by atoms with Gasteiger partial charge in [-0.15, -0.1) is 0 Å². The molecule has 1 fully saturated rings. The Morgan fingerprint density at radius 1 is 1.32 bits per heavy atom. The van der Waals surface area contributed by atoms with E-state index >= 15 is 0 Å². The molecular formula is C21H24ClN3O3. The Balaban J connectivity index is 1.81. The number of rotatable bonds is 5. The van der Waals surface area contributed by atoms with E-state index in [1.165, 1.54) is 0 Å². The summed E-state index contributed by atoms with van der Waals surface area (Å²) in [6.07, 6.45) is 2.05. The van der Waals surface area contributed by atoms with Crippen LogP contribution in [-0.4, -0.2) is 38.2 Å². The van der Waals surface area contributed by atoms with Crippen molar-refractivity contribution in [1.29, 1.82) is 0 Å². The molecule has 1 atom stereocenters. The van der Waals surface area contributed by atoms with Crippen LogP contribution in [0.4, 0.5) is 5.69 Å². The number of nitrogens with one attached hydrogen (secondary N) is 2. The van der Waals surface area contributed by atoms with Crippen molar-refractivity contribution in [2.45, 2.75) is 25.9 Å². The minimum Gasteiger partial charge on any atom is -0.495 e. The van der Waals surface area contributed by atoms with Gasteiger partial charge in [-0.25, -0.2) is 4.99 Å². The van der Waals surface area contributed by atoms with Gasteiger partial charge in [0.15, 0.2) is 0 Å². The molecule has 1 aliphatic heterocycles. The number of anilines is 1. The highest BCUT2D eigenvalue weighted by Gasteiger charge is 2.17. The van der Waals surface area contributed by atoms with Crippen molar-refractivity contribution in [3.63, 3.8) is 0 Å². The molecule has 1 amide bonds. The first-order valence-corrected chi connectivity index (χ1v) is 9.57. The average molecular weight is 402 g/mol. The Morgan fingerprint density at radius 3 is 2.89 bits per heavy atom. The summed E-state index contributed by atoms with van der Waals surface area (Å²) in [7, 11) is 1.57. The van der Waals surface area contributed by atoms with E-state index in [4.69, 9.17) is 21.1 Å². The fourth-order valence-corrected chi connectivity index (χ4v) is 3.14. The third-order valence-electron chi connectivity index (χ3n) is 4.40. The van der Waals surface area contributed by atoms with Gasteiger partial charge >= 0.3 is 0 Å². The Bertz CT molecular complexity index is 864. The van der Waals surface area contributed by atoms with Gasteiger partial charge < -0.3 is 14.8 Å². The summed E-state index contributed by atoms with van der Waals surface area (Å²) in [5.41, 5.74) is 2.19. The molecule has 0 spiro atoms. The number of methoxy groups -OCH3 is 1. The van der Waals surface area contributed by atoms with Crippen LogP contribution >= 0.6 is 11.6 Å². The first-order valence-electron chi connectivity index (χ1n) is 9.20. The largest absolute Gasteiger partial charge is 0.495 e. The summed E-state index contributed by atoms with van der Waals surface area (Å²) in [4.78, 5) is 17.2. The van der Waals surface area contributed by atoms with Gasteiger partial charge in [0.1, 0.15) is 5.75 Å². The molecule has 0 aromatic heterocycles. The highest BCUT2D eigenvalue weighted by atomic mass is 35.5. The Hall–Kier alpha value is -2.57. The minimum atomic E-state index is -0.247. The van der Waals surface area contributed by atoms with Gasteiger partial charge in [-0.3, -0.25) is 10.1 Å². The molecule has 2 aromatic carbocycles. The quantitative estimate of drug-likeness (QED) is 0.586. The molecule has 1 heterocycles. The number of nitrogens with zero attached hydrogens (tertiary/aromatic N) is 1. The fraction of sp³-hybridized carbons (Fsp3) is 0.333. The highest BCUT2D eigenvalue weighted by molar-refractivity contribution is 6.31. The van der Waals surface area contributed by atoms with E-state index in [1.54, 1.807) is 31.4 Å². The summed E-state index contributed by atoms with van der Waals surface area (Å²) >= 11 is 6.11. The number of hydrogen-bond acceptors (Lipinski definition) is 4. The molecule has 28 heavy (non-hydrogen) atoms. The molecule has 2 N–H and O–H groups in total. The maximum Gasteiger partial charge on any atom is 0.257 e. The molecule has 3 rings (SSSR count). The Labute approximate surface area is 169 Å². The molecule has 2 aromatic rings. The van der Waals surface area contributed by atoms with Crippen LogP contribution in [0.2, 0.25) is 5.02 Å². The predicted molar refractivity (Wildman–Crippen MR) is 112 cm³/mol. The van der Waals surface area contributed by atoms with Crippen LogP contribution in [0.25, 0.3) is 0 Å². The number of ether oxygens (including phenoxy) is 2. The summed E-state index contributed by atoms with van der Waals surface area (Å²) in [5, 5.41) is 6.53. The molecule has 0 bridgehead atoms. The molecule has 0 radical (unpaired) electrons. The first-order chi connectivity index (χ1) is 13.5. The molecule has 0 unspecified atom stereocenters. The van der Waals surface area contributed by atoms with E-state index in [9.17, 15) is 4.79 Å². The van der Waals surface area contributed by atoms with E-state index < -0.39 is 0 Å². The van der Waals surface area contributed by atoms with E-state index in [2.05, 4.69) is 15.6 Å². The monoisotopic (exact) mass is 401 g/mol. The minimum absolute atomic E-state index is 0.0638. The first kappa shape index (κ1) is 20.2. The normalized spacial score (nSPS) is 16.7.